The van der Waals surface area contributed by atoms with E-state index >= 15 is 0 Å². The SMILES string of the molecule is COc1nnc(NC(=O)c2cnc(C)cc2-c2cc(C(C)O)ncc2OC)s1. The van der Waals surface area contributed by atoms with Crippen molar-refractivity contribution >= 4 is 22.4 Å². The third kappa shape index (κ3) is 4.07. The molecule has 3 aromatic heterocycles. The molecule has 0 fully saturated rings. The number of amides is 1. The number of carbonyl (C=O) groups excluding carboxylic acids is 1. The number of pyridine rings is 2. The first kappa shape index (κ1) is 19.6. The van der Waals surface area contributed by atoms with E-state index in [1.807, 2.05) is 6.92 Å². The van der Waals surface area contributed by atoms with Gasteiger partial charge < -0.3 is 14.6 Å². The van der Waals surface area contributed by atoms with Crippen molar-refractivity contribution in [3.05, 3.63) is 41.5 Å². The van der Waals surface area contributed by atoms with E-state index in [-0.39, 0.29) is 0 Å². The van der Waals surface area contributed by atoms with E-state index < -0.39 is 12.0 Å². The Morgan fingerprint density at radius 1 is 1.14 bits per heavy atom. The Kier molecular flexibility index (Phi) is 5.81. The van der Waals surface area contributed by atoms with Crippen LogP contribution >= 0.6 is 11.3 Å². The maximum atomic E-state index is 12.9. The molecule has 3 aromatic rings. The van der Waals surface area contributed by atoms with E-state index in [2.05, 4.69) is 25.5 Å². The second kappa shape index (κ2) is 8.28. The lowest BCUT2D eigenvalue weighted by atomic mass is 9.98. The van der Waals surface area contributed by atoms with E-state index in [0.717, 1.165) is 17.0 Å². The molecule has 3 heterocycles. The van der Waals surface area contributed by atoms with Crippen molar-refractivity contribution < 1.29 is 19.4 Å². The second-order valence-corrected chi connectivity index (χ2v) is 6.83. The Bertz CT molecular complexity index is 1010. The predicted molar refractivity (Wildman–Crippen MR) is 104 cm³/mol. The van der Waals surface area contributed by atoms with Gasteiger partial charge in [-0.05, 0) is 37.3 Å². The Morgan fingerprint density at radius 2 is 1.93 bits per heavy atom. The van der Waals surface area contributed by atoms with E-state index in [1.54, 1.807) is 19.1 Å². The topological polar surface area (TPSA) is 119 Å². The normalized spacial score (nSPS) is 11.8. The van der Waals surface area contributed by atoms with E-state index in [9.17, 15) is 9.90 Å². The van der Waals surface area contributed by atoms with Crippen LogP contribution in [0.3, 0.4) is 0 Å². The van der Waals surface area contributed by atoms with Gasteiger partial charge in [-0.1, -0.05) is 5.10 Å². The zero-order valence-electron chi connectivity index (χ0n) is 15.8. The molecule has 2 N–H and O–H groups in total. The standard InChI is InChI=1S/C18H19N5O4S/c1-9-5-11(12-6-14(10(2)24)20-8-15(12)26-3)13(7-19-9)16(25)21-17-22-23-18(27-4)28-17/h5-8,10,24H,1-4H3,(H,21,22,25). The van der Waals surface area contributed by atoms with Crippen molar-refractivity contribution in [1.82, 2.24) is 20.2 Å². The second-order valence-electron chi connectivity index (χ2n) is 5.89. The molecule has 1 amide bonds. The van der Waals surface area contributed by atoms with Crippen molar-refractivity contribution in [1.29, 1.82) is 0 Å². The average Bonchev–Trinajstić information content (AvgIpc) is 3.14. The molecule has 0 bridgehead atoms. The number of ether oxygens (including phenoxy) is 2. The van der Waals surface area contributed by atoms with Gasteiger partial charge in [-0.15, -0.1) is 5.10 Å². The van der Waals surface area contributed by atoms with Crippen LogP contribution in [0.2, 0.25) is 0 Å². The number of rotatable bonds is 6. The molecular formula is C18H19N5O4S. The van der Waals surface area contributed by atoms with Gasteiger partial charge in [-0.3, -0.25) is 20.1 Å². The number of aromatic nitrogens is 4. The number of aryl methyl sites for hydroxylation is 1. The predicted octanol–water partition coefficient (Wildman–Crippen LogP) is 2.63. The molecule has 146 valence electrons. The van der Waals surface area contributed by atoms with Crippen molar-refractivity contribution in [3.63, 3.8) is 0 Å². The van der Waals surface area contributed by atoms with Crippen molar-refractivity contribution in [2.75, 3.05) is 19.5 Å². The molecule has 10 heteroatoms. The van der Waals surface area contributed by atoms with Crippen LogP contribution in [-0.4, -0.2) is 45.4 Å². The quantitative estimate of drug-likeness (QED) is 0.647. The van der Waals surface area contributed by atoms with Crippen LogP contribution in [0.15, 0.2) is 24.5 Å². The summed E-state index contributed by atoms with van der Waals surface area (Å²) in [5.41, 5.74) is 2.73. The molecule has 0 radical (unpaired) electrons. The molecule has 0 aromatic carbocycles. The number of carbonyl (C=O) groups is 1. The van der Waals surface area contributed by atoms with E-state index in [4.69, 9.17) is 9.47 Å². The van der Waals surface area contributed by atoms with Crippen LogP contribution in [-0.2, 0) is 0 Å². The number of nitrogens with one attached hydrogen (secondary N) is 1. The lowest BCUT2D eigenvalue weighted by molar-refractivity contribution is 0.102. The lowest BCUT2D eigenvalue weighted by Crippen LogP contribution is -2.14. The molecule has 0 aliphatic carbocycles. The monoisotopic (exact) mass is 401 g/mol. The summed E-state index contributed by atoms with van der Waals surface area (Å²) in [5, 5.41) is 20.9. The highest BCUT2D eigenvalue weighted by molar-refractivity contribution is 7.17. The number of hydrogen-bond donors (Lipinski definition) is 2. The Labute approximate surface area is 165 Å². The van der Waals surface area contributed by atoms with Gasteiger partial charge in [0.25, 0.3) is 11.1 Å². The minimum absolute atomic E-state index is 0.305. The molecule has 9 nitrogen and oxygen atoms in total. The Morgan fingerprint density at radius 3 is 2.57 bits per heavy atom. The molecule has 3 rings (SSSR count). The van der Waals surface area contributed by atoms with Gasteiger partial charge in [-0.2, -0.15) is 0 Å². The van der Waals surface area contributed by atoms with Gasteiger partial charge in [0.1, 0.15) is 5.75 Å². The minimum Gasteiger partial charge on any atom is -0.494 e. The summed E-state index contributed by atoms with van der Waals surface area (Å²) in [7, 11) is 2.99. The first-order chi connectivity index (χ1) is 13.4. The fraction of sp³-hybridized carbons (Fsp3) is 0.278. The first-order valence-electron chi connectivity index (χ1n) is 8.30. The van der Waals surface area contributed by atoms with Crippen molar-refractivity contribution in [3.8, 4) is 22.1 Å². The number of anilines is 1. The smallest absolute Gasteiger partial charge is 0.295 e. The van der Waals surface area contributed by atoms with E-state index in [1.165, 1.54) is 26.6 Å². The maximum absolute atomic E-state index is 12.9. The van der Waals surface area contributed by atoms with Crippen LogP contribution in [0, 0.1) is 6.92 Å². The summed E-state index contributed by atoms with van der Waals surface area (Å²) in [6.45, 7) is 3.44. The number of aliphatic hydroxyl groups is 1. The largest absolute Gasteiger partial charge is 0.494 e. The van der Waals surface area contributed by atoms with Gasteiger partial charge in [-0.25, -0.2) is 0 Å². The third-order valence-corrected chi connectivity index (χ3v) is 4.71. The van der Waals surface area contributed by atoms with E-state index in [0.29, 0.717) is 38.5 Å². The number of nitrogens with zero attached hydrogens (tertiary/aromatic N) is 4. The van der Waals surface area contributed by atoms with Gasteiger partial charge in [0.15, 0.2) is 0 Å². The zero-order valence-corrected chi connectivity index (χ0v) is 16.6. The van der Waals surface area contributed by atoms with Crippen molar-refractivity contribution in [2.24, 2.45) is 0 Å². The third-order valence-electron chi connectivity index (χ3n) is 3.91. The highest BCUT2D eigenvalue weighted by Crippen LogP contribution is 2.34. The average molecular weight is 401 g/mol. The van der Waals surface area contributed by atoms with Crippen LogP contribution in [0.1, 0.15) is 34.8 Å². The first-order valence-corrected chi connectivity index (χ1v) is 9.12. The van der Waals surface area contributed by atoms with Crippen LogP contribution in [0.25, 0.3) is 11.1 Å². The van der Waals surface area contributed by atoms with Gasteiger partial charge in [0.05, 0.1) is 37.8 Å². The zero-order chi connectivity index (χ0) is 20.3. The maximum Gasteiger partial charge on any atom is 0.295 e. The van der Waals surface area contributed by atoms with Gasteiger partial charge >= 0.3 is 0 Å². The molecule has 0 aliphatic rings. The summed E-state index contributed by atoms with van der Waals surface area (Å²) in [6.07, 6.45) is 2.24. The van der Waals surface area contributed by atoms with Crippen molar-refractivity contribution in [2.45, 2.75) is 20.0 Å². The number of methoxy groups -OCH3 is 2. The molecule has 0 aliphatic heterocycles. The highest BCUT2D eigenvalue weighted by Gasteiger charge is 2.20. The molecule has 0 saturated carbocycles. The summed E-state index contributed by atoms with van der Waals surface area (Å²) in [5.74, 6) is 0.0698. The van der Waals surface area contributed by atoms with Crippen LogP contribution in [0.5, 0.6) is 10.9 Å². The van der Waals surface area contributed by atoms with Gasteiger partial charge in [0.2, 0.25) is 5.13 Å². The molecular weight excluding hydrogens is 382 g/mol. The molecule has 1 atom stereocenters. The van der Waals surface area contributed by atoms with Crippen LogP contribution < -0.4 is 14.8 Å². The Balaban J connectivity index is 2.06. The molecule has 0 spiro atoms. The summed E-state index contributed by atoms with van der Waals surface area (Å²) in [4.78, 5) is 21.3. The number of aliphatic hydroxyl groups excluding tert-OH is 1. The fourth-order valence-corrected chi connectivity index (χ4v) is 3.09. The highest BCUT2D eigenvalue weighted by atomic mass is 32.1. The molecule has 0 saturated heterocycles. The van der Waals surface area contributed by atoms with Gasteiger partial charge in [0, 0.05) is 23.0 Å². The Hall–Kier alpha value is -3.11. The molecule has 1 unspecified atom stereocenters. The molecule has 28 heavy (non-hydrogen) atoms. The summed E-state index contributed by atoms with van der Waals surface area (Å²) >= 11 is 1.11. The summed E-state index contributed by atoms with van der Waals surface area (Å²) in [6, 6.07) is 3.47. The minimum atomic E-state index is -0.765. The van der Waals surface area contributed by atoms with Crippen LogP contribution in [0.4, 0.5) is 5.13 Å². The fourth-order valence-electron chi connectivity index (χ4n) is 2.53. The number of hydrogen-bond acceptors (Lipinski definition) is 9. The summed E-state index contributed by atoms with van der Waals surface area (Å²) < 4.78 is 10.4. The lowest BCUT2D eigenvalue weighted by Gasteiger charge is -2.15.